The van der Waals surface area contributed by atoms with Crippen LogP contribution in [0.2, 0.25) is 0 Å². The molecule has 0 N–H and O–H groups in total. The van der Waals surface area contributed by atoms with Crippen LogP contribution in [-0.2, 0) is 19.1 Å². The lowest BCUT2D eigenvalue weighted by atomic mass is 9.52. The van der Waals surface area contributed by atoms with E-state index in [1.54, 1.807) is 14.2 Å². The minimum Gasteiger partial charge on any atom is -0.497 e. The molecular formula is C25H28O6. The van der Waals surface area contributed by atoms with Gasteiger partial charge in [0.05, 0.1) is 39.3 Å². The molecule has 1 aliphatic carbocycles. The smallest absolute Gasteiger partial charge is 0.310 e. The van der Waals surface area contributed by atoms with Crippen LogP contribution in [-0.4, -0.2) is 39.4 Å². The number of cyclic esters (lactones) is 2. The molecule has 6 nitrogen and oxygen atoms in total. The van der Waals surface area contributed by atoms with E-state index < -0.39 is 17.3 Å². The van der Waals surface area contributed by atoms with E-state index in [2.05, 4.69) is 0 Å². The van der Waals surface area contributed by atoms with Crippen LogP contribution in [0.25, 0.3) is 0 Å². The third kappa shape index (κ3) is 3.99. The number of hydrogen-bond acceptors (Lipinski definition) is 6. The summed E-state index contributed by atoms with van der Waals surface area (Å²) in [4.78, 5) is 26.2. The maximum atomic E-state index is 13.1. The van der Waals surface area contributed by atoms with Crippen molar-refractivity contribution in [1.29, 1.82) is 0 Å². The summed E-state index contributed by atoms with van der Waals surface area (Å²) in [5, 5.41) is 0. The van der Waals surface area contributed by atoms with Crippen molar-refractivity contribution >= 4 is 11.9 Å². The molecule has 4 rings (SSSR count). The second-order valence-electron chi connectivity index (χ2n) is 9.03. The average Bonchev–Trinajstić information content (AvgIpc) is 2.79. The predicted octanol–water partition coefficient (Wildman–Crippen LogP) is 3.94. The zero-order valence-electron chi connectivity index (χ0n) is 18.3. The summed E-state index contributed by atoms with van der Waals surface area (Å²) in [5.41, 5.74) is 1.50. The van der Waals surface area contributed by atoms with Gasteiger partial charge in [-0.25, -0.2) is 0 Å². The molecule has 0 amide bonds. The maximum absolute atomic E-state index is 13.1. The predicted molar refractivity (Wildman–Crippen MR) is 114 cm³/mol. The van der Waals surface area contributed by atoms with Gasteiger partial charge in [-0.1, -0.05) is 38.1 Å². The number of esters is 2. The molecule has 2 aromatic carbocycles. The fourth-order valence-corrected chi connectivity index (χ4v) is 4.58. The fraction of sp³-hybridized carbons (Fsp3) is 0.440. The van der Waals surface area contributed by atoms with Gasteiger partial charge in [-0.2, -0.15) is 0 Å². The van der Waals surface area contributed by atoms with E-state index in [0.29, 0.717) is 0 Å². The lowest BCUT2D eigenvalue weighted by Gasteiger charge is -2.49. The number of hydrogen-bond donors (Lipinski definition) is 0. The standard InChI is InChI=1S/C25H28O6/c1-25(2)13-30-23(26)21-19(15-5-9-17(28-3)10-6-15)20(22(21)24(27)31-14-25)16-7-11-18(29-4)12-8-16/h5-12,19-22H,13-14H2,1-4H3. The third-order valence-electron chi connectivity index (χ3n) is 6.30. The summed E-state index contributed by atoms with van der Waals surface area (Å²) < 4.78 is 21.9. The molecule has 0 aromatic heterocycles. The molecule has 2 aromatic rings. The monoisotopic (exact) mass is 424 g/mol. The molecule has 1 aliphatic heterocycles. The van der Waals surface area contributed by atoms with Crippen molar-refractivity contribution in [1.82, 2.24) is 0 Å². The molecule has 1 saturated carbocycles. The number of rotatable bonds is 4. The van der Waals surface area contributed by atoms with E-state index in [0.717, 1.165) is 22.6 Å². The molecule has 2 aliphatic rings. The number of fused-ring (bicyclic) bond motifs is 1. The quantitative estimate of drug-likeness (QED) is 0.693. The van der Waals surface area contributed by atoms with E-state index in [9.17, 15) is 9.59 Å². The number of carbonyl (C=O) groups excluding carboxylic acids is 2. The van der Waals surface area contributed by atoms with Crippen molar-refractivity contribution in [3.8, 4) is 11.5 Å². The van der Waals surface area contributed by atoms with E-state index in [4.69, 9.17) is 18.9 Å². The third-order valence-corrected chi connectivity index (χ3v) is 6.30. The summed E-state index contributed by atoms with van der Waals surface area (Å²) in [6.45, 7) is 4.27. The molecule has 1 heterocycles. The van der Waals surface area contributed by atoms with Gasteiger partial charge in [-0.3, -0.25) is 9.59 Å². The normalized spacial score (nSPS) is 27.4. The Balaban J connectivity index is 1.76. The minimum atomic E-state index is -0.595. The molecule has 31 heavy (non-hydrogen) atoms. The van der Waals surface area contributed by atoms with Gasteiger partial charge in [-0.05, 0) is 35.4 Å². The molecule has 0 bridgehead atoms. The van der Waals surface area contributed by atoms with Crippen molar-refractivity contribution in [2.75, 3.05) is 27.4 Å². The van der Waals surface area contributed by atoms with Crippen molar-refractivity contribution in [3.63, 3.8) is 0 Å². The molecule has 0 spiro atoms. The highest BCUT2D eigenvalue weighted by Crippen LogP contribution is 2.59. The van der Waals surface area contributed by atoms with Gasteiger partial charge < -0.3 is 18.9 Å². The molecule has 6 heteroatoms. The summed E-state index contributed by atoms with van der Waals surface area (Å²) in [6, 6.07) is 15.3. The molecule has 2 fully saturated rings. The van der Waals surface area contributed by atoms with Gasteiger partial charge in [0, 0.05) is 17.3 Å². The molecule has 1 saturated heterocycles. The Morgan fingerprint density at radius 1 is 0.677 bits per heavy atom. The highest BCUT2D eigenvalue weighted by Gasteiger charge is 2.60. The van der Waals surface area contributed by atoms with E-state index in [1.807, 2.05) is 62.4 Å². The Bertz CT molecular complexity index is 869. The summed E-state index contributed by atoms with van der Waals surface area (Å²) >= 11 is 0. The summed E-state index contributed by atoms with van der Waals surface area (Å²) in [5.74, 6) is -0.817. The van der Waals surface area contributed by atoms with Crippen LogP contribution in [0.1, 0.15) is 36.8 Å². The summed E-state index contributed by atoms with van der Waals surface area (Å²) in [7, 11) is 3.23. The second kappa shape index (κ2) is 8.25. The summed E-state index contributed by atoms with van der Waals surface area (Å²) in [6.07, 6.45) is 0. The van der Waals surface area contributed by atoms with Crippen LogP contribution in [0.5, 0.6) is 11.5 Å². The van der Waals surface area contributed by atoms with Crippen LogP contribution >= 0.6 is 0 Å². The Kier molecular flexibility index (Phi) is 5.65. The Hall–Kier alpha value is -3.02. The Morgan fingerprint density at radius 3 is 1.35 bits per heavy atom. The average molecular weight is 424 g/mol. The maximum Gasteiger partial charge on any atom is 0.310 e. The Morgan fingerprint density at radius 2 is 1.03 bits per heavy atom. The number of methoxy groups -OCH3 is 2. The van der Waals surface area contributed by atoms with Crippen LogP contribution in [0, 0.1) is 17.3 Å². The van der Waals surface area contributed by atoms with Gasteiger partial charge in [0.25, 0.3) is 0 Å². The van der Waals surface area contributed by atoms with Crippen LogP contribution < -0.4 is 9.47 Å². The van der Waals surface area contributed by atoms with Gasteiger partial charge >= 0.3 is 11.9 Å². The van der Waals surface area contributed by atoms with Crippen molar-refractivity contribution < 1.29 is 28.5 Å². The first-order valence-corrected chi connectivity index (χ1v) is 10.5. The van der Waals surface area contributed by atoms with Crippen LogP contribution in [0.15, 0.2) is 48.5 Å². The second-order valence-corrected chi connectivity index (χ2v) is 9.03. The topological polar surface area (TPSA) is 71.1 Å². The zero-order valence-corrected chi connectivity index (χ0v) is 18.3. The first-order chi connectivity index (χ1) is 14.8. The number of benzene rings is 2. The van der Waals surface area contributed by atoms with Crippen LogP contribution in [0.4, 0.5) is 0 Å². The fourth-order valence-electron chi connectivity index (χ4n) is 4.58. The van der Waals surface area contributed by atoms with Gasteiger partial charge in [0.15, 0.2) is 0 Å². The highest BCUT2D eigenvalue weighted by molar-refractivity contribution is 5.87. The lowest BCUT2D eigenvalue weighted by molar-refractivity contribution is -0.168. The lowest BCUT2D eigenvalue weighted by Crippen LogP contribution is -2.52. The van der Waals surface area contributed by atoms with Gasteiger partial charge in [0.1, 0.15) is 11.5 Å². The molecule has 164 valence electrons. The minimum absolute atomic E-state index is 0.203. The van der Waals surface area contributed by atoms with Crippen LogP contribution in [0.3, 0.4) is 0 Å². The number of ether oxygens (including phenoxy) is 4. The first kappa shape index (κ1) is 21.2. The molecule has 4 unspecified atom stereocenters. The SMILES string of the molecule is COc1ccc(C2C3C(=O)OCC(C)(C)COC(=O)C3C2c2ccc(OC)cc2)cc1. The highest BCUT2D eigenvalue weighted by atomic mass is 16.6. The van der Waals surface area contributed by atoms with Crippen molar-refractivity contribution in [3.05, 3.63) is 59.7 Å². The first-order valence-electron chi connectivity index (χ1n) is 10.5. The molecular weight excluding hydrogens is 396 g/mol. The van der Waals surface area contributed by atoms with Crippen molar-refractivity contribution in [2.45, 2.75) is 25.7 Å². The van der Waals surface area contributed by atoms with E-state index in [-0.39, 0.29) is 37.0 Å². The van der Waals surface area contributed by atoms with E-state index >= 15 is 0 Å². The van der Waals surface area contributed by atoms with Gasteiger partial charge in [0.2, 0.25) is 0 Å². The van der Waals surface area contributed by atoms with E-state index in [1.165, 1.54) is 0 Å². The number of carbonyl (C=O) groups is 2. The molecule has 0 radical (unpaired) electrons. The zero-order chi connectivity index (χ0) is 22.2. The van der Waals surface area contributed by atoms with Crippen molar-refractivity contribution in [2.24, 2.45) is 17.3 Å². The van der Waals surface area contributed by atoms with Gasteiger partial charge in [-0.15, -0.1) is 0 Å². The molecule has 4 atom stereocenters. The largest absolute Gasteiger partial charge is 0.497 e. The Labute approximate surface area is 182 Å².